The van der Waals surface area contributed by atoms with Gasteiger partial charge >= 0.3 is 5.97 Å². The Kier molecular flexibility index (Phi) is 6.77. The molecule has 6 nitrogen and oxygen atoms in total. The van der Waals surface area contributed by atoms with Crippen molar-refractivity contribution in [3.63, 3.8) is 0 Å². The molecule has 0 spiro atoms. The van der Waals surface area contributed by atoms with E-state index in [4.69, 9.17) is 32.9 Å². The van der Waals surface area contributed by atoms with Gasteiger partial charge in [-0.2, -0.15) is 0 Å². The van der Waals surface area contributed by atoms with Gasteiger partial charge in [-0.05, 0) is 50.6 Å². The molecular formula is C25H22Cl2N4O2. The summed E-state index contributed by atoms with van der Waals surface area (Å²) >= 11 is 12.7. The van der Waals surface area contributed by atoms with Crippen LogP contribution in [0, 0.1) is 0 Å². The highest BCUT2D eigenvalue weighted by molar-refractivity contribution is 6.33. The largest absolute Gasteiger partial charge is 0.460 e. The van der Waals surface area contributed by atoms with E-state index in [1.165, 1.54) is 0 Å². The quantitative estimate of drug-likeness (QED) is 0.310. The van der Waals surface area contributed by atoms with Gasteiger partial charge in [-0.1, -0.05) is 53.5 Å². The molecule has 4 aromatic rings. The number of benzene rings is 2. The van der Waals surface area contributed by atoms with Crippen LogP contribution in [-0.2, 0) is 4.74 Å². The van der Waals surface area contributed by atoms with Gasteiger partial charge in [0.25, 0.3) is 0 Å². The number of hydrogen-bond donors (Lipinski definition) is 1. The van der Waals surface area contributed by atoms with E-state index in [9.17, 15) is 4.79 Å². The van der Waals surface area contributed by atoms with Crippen molar-refractivity contribution in [2.75, 3.05) is 11.9 Å². The molecule has 2 heterocycles. The summed E-state index contributed by atoms with van der Waals surface area (Å²) in [5.74, 6) is -0.148. The first-order valence-electron chi connectivity index (χ1n) is 10.5. The molecular weight excluding hydrogens is 459 g/mol. The Bertz CT molecular complexity index is 1320. The van der Waals surface area contributed by atoms with Crippen molar-refractivity contribution in [3.8, 4) is 22.4 Å². The van der Waals surface area contributed by atoms with E-state index in [0.717, 1.165) is 16.7 Å². The molecule has 2 aromatic carbocycles. The normalized spacial score (nSPS) is 11.1. The standard InChI is InChI=1S/C25H22Cl2N4O2/c1-4-33-25(32)24-30-22(28-14(2)3)19-13-18(15-9-11-16(26)12-10-15)21(29-23(19)31-24)17-7-5-6-8-20(17)27/h5-14H,4H2,1-3H3,(H,28,29,30,31). The second-order valence-electron chi connectivity index (χ2n) is 7.66. The van der Waals surface area contributed by atoms with Gasteiger partial charge in [0.1, 0.15) is 5.82 Å². The predicted molar refractivity (Wildman–Crippen MR) is 133 cm³/mol. The number of carbonyl (C=O) groups is 1. The molecule has 4 rings (SSSR count). The van der Waals surface area contributed by atoms with Crippen molar-refractivity contribution >= 4 is 46.0 Å². The number of hydrogen-bond acceptors (Lipinski definition) is 6. The lowest BCUT2D eigenvalue weighted by molar-refractivity contribution is 0.0512. The molecule has 33 heavy (non-hydrogen) atoms. The highest BCUT2D eigenvalue weighted by Gasteiger charge is 2.20. The molecule has 0 saturated carbocycles. The van der Waals surface area contributed by atoms with Crippen LogP contribution in [0.25, 0.3) is 33.4 Å². The number of carbonyl (C=O) groups excluding carboxylic acids is 1. The summed E-state index contributed by atoms with van der Waals surface area (Å²) in [4.78, 5) is 26.1. The zero-order valence-electron chi connectivity index (χ0n) is 18.4. The lowest BCUT2D eigenvalue weighted by Crippen LogP contribution is -2.16. The Morgan fingerprint density at radius 1 is 1.00 bits per heavy atom. The monoisotopic (exact) mass is 480 g/mol. The molecule has 0 saturated heterocycles. The van der Waals surface area contributed by atoms with Gasteiger partial charge in [0, 0.05) is 27.2 Å². The zero-order chi connectivity index (χ0) is 23.5. The van der Waals surface area contributed by atoms with E-state index >= 15 is 0 Å². The SMILES string of the molecule is CCOC(=O)c1nc(NC(C)C)c2cc(-c3ccc(Cl)cc3)c(-c3ccccc3Cl)nc2n1. The van der Waals surface area contributed by atoms with Crippen molar-refractivity contribution in [2.24, 2.45) is 0 Å². The van der Waals surface area contributed by atoms with Crippen LogP contribution >= 0.6 is 23.2 Å². The van der Waals surface area contributed by atoms with Gasteiger partial charge in [-0.3, -0.25) is 0 Å². The van der Waals surface area contributed by atoms with Crippen molar-refractivity contribution in [1.82, 2.24) is 15.0 Å². The molecule has 168 valence electrons. The van der Waals surface area contributed by atoms with E-state index in [2.05, 4.69) is 15.3 Å². The molecule has 0 aliphatic rings. The molecule has 0 fully saturated rings. The maximum atomic E-state index is 12.4. The molecule has 0 amide bonds. The highest BCUT2D eigenvalue weighted by atomic mass is 35.5. The van der Waals surface area contributed by atoms with E-state index in [0.29, 0.717) is 32.6 Å². The number of fused-ring (bicyclic) bond motifs is 1. The molecule has 2 aromatic heterocycles. The third kappa shape index (κ3) is 4.92. The second kappa shape index (κ2) is 9.73. The van der Waals surface area contributed by atoms with Crippen LogP contribution < -0.4 is 5.32 Å². The summed E-state index contributed by atoms with van der Waals surface area (Å²) in [6.45, 7) is 5.94. The zero-order valence-corrected chi connectivity index (χ0v) is 19.9. The van der Waals surface area contributed by atoms with Crippen LogP contribution in [-0.4, -0.2) is 33.6 Å². The molecule has 0 bridgehead atoms. The van der Waals surface area contributed by atoms with Crippen LogP contribution in [0.5, 0.6) is 0 Å². The Morgan fingerprint density at radius 2 is 1.73 bits per heavy atom. The van der Waals surface area contributed by atoms with E-state index < -0.39 is 5.97 Å². The van der Waals surface area contributed by atoms with Gasteiger partial charge in [-0.15, -0.1) is 0 Å². The number of esters is 1. The smallest absolute Gasteiger partial charge is 0.376 e. The average molecular weight is 481 g/mol. The fraction of sp³-hybridized carbons (Fsp3) is 0.200. The molecule has 1 N–H and O–H groups in total. The van der Waals surface area contributed by atoms with Gasteiger partial charge in [0.2, 0.25) is 5.82 Å². The Labute approximate surface area is 202 Å². The molecule has 8 heteroatoms. The Morgan fingerprint density at radius 3 is 2.39 bits per heavy atom. The number of aromatic nitrogens is 3. The molecule has 0 aliphatic heterocycles. The summed E-state index contributed by atoms with van der Waals surface area (Å²) in [6, 6.07) is 17.0. The third-order valence-corrected chi connectivity index (χ3v) is 5.44. The molecule has 0 radical (unpaired) electrons. The number of pyridine rings is 1. The maximum Gasteiger partial charge on any atom is 0.376 e. The van der Waals surface area contributed by atoms with Gasteiger partial charge in [0.15, 0.2) is 5.65 Å². The molecule has 0 unspecified atom stereocenters. The third-order valence-electron chi connectivity index (χ3n) is 4.85. The number of rotatable bonds is 6. The second-order valence-corrected chi connectivity index (χ2v) is 8.50. The van der Waals surface area contributed by atoms with Crippen molar-refractivity contribution in [1.29, 1.82) is 0 Å². The fourth-order valence-corrected chi connectivity index (χ4v) is 3.78. The Hall–Kier alpha value is -3.22. The minimum atomic E-state index is -0.603. The van der Waals surface area contributed by atoms with Crippen LogP contribution in [0.4, 0.5) is 5.82 Å². The maximum absolute atomic E-state index is 12.4. The fourth-order valence-electron chi connectivity index (χ4n) is 3.43. The van der Waals surface area contributed by atoms with Crippen LogP contribution in [0.2, 0.25) is 10.0 Å². The summed E-state index contributed by atoms with van der Waals surface area (Å²) < 4.78 is 5.12. The van der Waals surface area contributed by atoms with Crippen molar-refractivity contribution in [2.45, 2.75) is 26.8 Å². The van der Waals surface area contributed by atoms with Gasteiger partial charge in [0.05, 0.1) is 17.7 Å². The summed E-state index contributed by atoms with van der Waals surface area (Å²) in [6.07, 6.45) is 0. The van der Waals surface area contributed by atoms with Crippen LogP contribution in [0.1, 0.15) is 31.4 Å². The topological polar surface area (TPSA) is 77.0 Å². The van der Waals surface area contributed by atoms with Crippen molar-refractivity contribution < 1.29 is 9.53 Å². The lowest BCUT2D eigenvalue weighted by Gasteiger charge is -2.16. The van der Waals surface area contributed by atoms with Gasteiger partial charge in [-0.25, -0.2) is 19.7 Å². The van der Waals surface area contributed by atoms with E-state index in [1.807, 2.05) is 68.4 Å². The number of halogens is 2. The first kappa shape index (κ1) is 23.0. The van der Waals surface area contributed by atoms with Crippen LogP contribution in [0.3, 0.4) is 0 Å². The molecule has 0 aliphatic carbocycles. The van der Waals surface area contributed by atoms with Crippen LogP contribution in [0.15, 0.2) is 54.6 Å². The number of ether oxygens (including phenoxy) is 1. The minimum absolute atomic E-state index is 0.0515. The number of nitrogens with zero attached hydrogens (tertiary/aromatic N) is 3. The first-order valence-corrected chi connectivity index (χ1v) is 11.3. The minimum Gasteiger partial charge on any atom is -0.460 e. The summed E-state index contributed by atoms with van der Waals surface area (Å²) in [5, 5.41) is 5.17. The van der Waals surface area contributed by atoms with E-state index in [-0.39, 0.29) is 18.5 Å². The van der Waals surface area contributed by atoms with E-state index in [1.54, 1.807) is 6.92 Å². The highest BCUT2D eigenvalue weighted by Crippen LogP contribution is 2.38. The summed E-state index contributed by atoms with van der Waals surface area (Å²) in [5.41, 5.74) is 3.50. The molecule has 0 atom stereocenters. The summed E-state index contributed by atoms with van der Waals surface area (Å²) in [7, 11) is 0. The number of nitrogens with one attached hydrogen (secondary N) is 1. The predicted octanol–water partition coefficient (Wildman–Crippen LogP) is 6.66. The van der Waals surface area contributed by atoms with Gasteiger partial charge < -0.3 is 10.1 Å². The first-order chi connectivity index (χ1) is 15.9. The lowest BCUT2D eigenvalue weighted by atomic mass is 9.98. The van der Waals surface area contributed by atoms with Crippen molar-refractivity contribution in [3.05, 3.63) is 70.5 Å². The number of anilines is 1. The average Bonchev–Trinajstić information content (AvgIpc) is 2.79. The Balaban J connectivity index is 2.04.